The molecular weight excluding hydrogens is 267 g/mol. The van der Waals surface area contributed by atoms with E-state index < -0.39 is 0 Å². The summed E-state index contributed by atoms with van der Waals surface area (Å²) in [4.78, 5) is 8.98. The van der Waals surface area contributed by atoms with E-state index in [1.807, 2.05) is 7.05 Å². The molecule has 0 aliphatic carbocycles. The van der Waals surface area contributed by atoms with E-state index in [0.29, 0.717) is 0 Å². The minimum Gasteiger partial charge on any atom is -0.312 e. The van der Waals surface area contributed by atoms with Crippen molar-refractivity contribution in [1.29, 1.82) is 0 Å². The molecule has 21 heavy (non-hydrogen) atoms. The van der Waals surface area contributed by atoms with Crippen LogP contribution in [0, 0.1) is 11.7 Å². The molecule has 0 aromatic carbocycles. The van der Waals surface area contributed by atoms with Crippen LogP contribution < -0.4 is 5.32 Å². The molecule has 0 bridgehead atoms. The summed E-state index contributed by atoms with van der Waals surface area (Å²) in [5, 5.41) is 3.27. The molecule has 2 unspecified atom stereocenters. The lowest BCUT2D eigenvalue weighted by Gasteiger charge is -2.23. The van der Waals surface area contributed by atoms with Crippen LogP contribution >= 0.6 is 0 Å². The first-order valence-corrected chi connectivity index (χ1v) is 7.74. The van der Waals surface area contributed by atoms with Crippen LogP contribution in [-0.2, 0) is 0 Å². The van der Waals surface area contributed by atoms with E-state index in [-0.39, 0.29) is 11.9 Å². The fourth-order valence-corrected chi connectivity index (χ4v) is 3.09. The first-order chi connectivity index (χ1) is 10.1. The van der Waals surface area contributed by atoms with E-state index in [1.165, 1.54) is 31.8 Å². The Labute approximate surface area is 127 Å². The average Bonchev–Trinajstić information content (AvgIpc) is 2.86. The molecular formula is C16H27FN4. The third kappa shape index (κ3) is 5.02. The molecule has 0 saturated carbocycles. The number of aromatic nitrogens is 1. The van der Waals surface area contributed by atoms with Gasteiger partial charge in [-0.3, -0.25) is 4.98 Å². The maximum atomic E-state index is 12.9. The Hall–Kier alpha value is -1.04. The number of hydrogen-bond donors (Lipinski definition) is 1. The number of nitrogens with zero attached hydrogens (tertiary/aromatic N) is 3. The highest BCUT2D eigenvalue weighted by Crippen LogP contribution is 2.17. The Morgan fingerprint density at radius 3 is 2.90 bits per heavy atom. The van der Waals surface area contributed by atoms with Crippen LogP contribution in [0.2, 0.25) is 0 Å². The Morgan fingerprint density at radius 2 is 2.33 bits per heavy atom. The predicted molar refractivity (Wildman–Crippen MR) is 83.7 cm³/mol. The zero-order chi connectivity index (χ0) is 15.2. The van der Waals surface area contributed by atoms with Gasteiger partial charge in [0.05, 0.1) is 17.9 Å². The number of halogens is 1. The summed E-state index contributed by atoms with van der Waals surface area (Å²) < 4.78 is 12.9. The highest BCUT2D eigenvalue weighted by Gasteiger charge is 2.21. The normalized spacial score (nSPS) is 21.1. The number of nitrogens with one attached hydrogen (secondary N) is 1. The molecule has 1 saturated heterocycles. The Kier molecular flexibility index (Phi) is 6.08. The Balaban J connectivity index is 1.78. The largest absolute Gasteiger partial charge is 0.312 e. The zero-order valence-electron chi connectivity index (χ0n) is 13.3. The van der Waals surface area contributed by atoms with Gasteiger partial charge in [0, 0.05) is 13.1 Å². The first-order valence-electron chi connectivity index (χ1n) is 7.74. The van der Waals surface area contributed by atoms with E-state index >= 15 is 0 Å². The fourth-order valence-electron chi connectivity index (χ4n) is 3.09. The smallest absolute Gasteiger partial charge is 0.141 e. The van der Waals surface area contributed by atoms with Crippen LogP contribution in [0.3, 0.4) is 0 Å². The summed E-state index contributed by atoms with van der Waals surface area (Å²) in [5.41, 5.74) is 0.910. The van der Waals surface area contributed by atoms with E-state index in [9.17, 15) is 4.39 Å². The summed E-state index contributed by atoms with van der Waals surface area (Å²) >= 11 is 0. The molecule has 0 amide bonds. The summed E-state index contributed by atoms with van der Waals surface area (Å²) in [7, 11) is 6.31. The van der Waals surface area contributed by atoms with Crippen LogP contribution in [0.5, 0.6) is 0 Å². The molecule has 5 heteroatoms. The summed E-state index contributed by atoms with van der Waals surface area (Å²) in [6.07, 6.45) is 3.57. The van der Waals surface area contributed by atoms with Crippen LogP contribution in [0.15, 0.2) is 18.3 Å². The van der Waals surface area contributed by atoms with Gasteiger partial charge in [0.15, 0.2) is 0 Å². The van der Waals surface area contributed by atoms with Gasteiger partial charge < -0.3 is 15.1 Å². The number of rotatable bonds is 7. The molecule has 0 spiro atoms. The van der Waals surface area contributed by atoms with E-state index in [2.05, 4.69) is 34.2 Å². The van der Waals surface area contributed by atoms with Gasteiger partial charge in [-0.15, -0.1) is 0 Å². The lowest BCUT2D eigenvalue weighted by Crippen LogP contribution is -2.30. The van der Waals surface area contributed by atoms with Crippen LogP contribution in [0.25, 0.3) is 0 Å². The van der Waals surface area contributed by atoms with Gasteiger partial charge in [-0.05, 0) is 65.1 Å². The minimum atomic E-state index is -0.281. The average molecular weight is 294 g/mol. The van der Waals surface area contributed by atoms with Gasteiger partial charge in [-0.2, -0.15) is 0 Å². The molecule has 2 heterocycles. The highest BCUT2D eigenvalue weighted by atomic mass is 19.1. The van der Waals surface area contributed by atoms with Crippen LogP contribution in [0.4, 0.5) is 4.39 Å². The van der Waals surface area contributed by atoms with Gasteiger partial charge in [-0.25, -0.2) is 4.39 Å². The van der Waals surface area contributed by atoms with E-state index in [0.717, 1.165) is 31.1 Å². The second kappa shape index (κ2) is 7.82. The molecule has 1 N–H and O–H groups in total. The van der Waals surface area contributed by atoms with Crippen molar-refractivity contribution in [3.05, 3.63) is 29.8 Å². The second-order valence-electron chi connectivity index (χ2n) is 6.21. The van der Waals surface area contributed by atoms with Crippen molar-refractivity contribution < 1.29 is 4.39 Å². The Bertz CT molecular complexity index is 423. The predicted octanol–water partition coefficient (Wildman–Crippen LogP) is 1.75. The zero-order valence-corrected chi connectivity index (χ0v) is 13.3. The molecule has 2 atom stereocenters. The molecule has 4 nitrogen and oxygen atoms in total. The first kappa shape index (κ1) is 16.3. The van der Waals surface area contributed by atoms with Gasteiger partial charge in [0.25, 0.3) is 0 Å². The maximum absolute atomic E-state index is 12.9. The summed E-state index contributed by atoms with van der Waals surface area (Å²) in [5.74, 6) is 0.507. The van der Waals surface area contributed by atoms with E-state index in [4.69, 9.17) is 0 Å². The van der Waals surface area contributed by atoms with Crippen molar-refractivity contribution in [3.63, 3.8) is 0 Å². The maximum Gasteiger partial charge on any atom is 0.141 e. The number of pyridine rings is 1. The third-order valence-corrected chi connectivity index (χ3v) is 4.31. The lowest BCUT2D eigenvalue weighted by molar-refractivity contribution is 0.260. The van der Waals surface area contributed by atoms with E-state index in [1.54, 1.807) is 6.07 Å². The molecule has 1 aromatic rings. The topological polar surface area (TPSA) is 31.4 Å². The lowest BCUT2D eigenvalue weighted by atomic mass is 10.1. The third-order valence-electron chi connectivity index (χ3n) is 4.31. The van der Waals surface area contributed by atoms with Gasteiger partial charge in [0.1, 0.15) is 5.82 Å². The minimum absolute atomic E-state index is 0.180. The van der Waals surface area contributed by atoms with Gasteiger partial charge in [-0.1, -0.05) is 0 Å². The van der Waals surface area contributed by atoms with Crippen LogP contribution in [-0.4, -0.2) is 62.1 Å². The molecule has 1 aliphatic rings. The summed E-state index contributed by atoms with van der Waals surface area (Å²) in [6.45, 7) is 4.60. The fraction of sp³-hybridized carbons (Fsp3) is 0.688. The van der Waals surface area contributed by atoms with Crippen molar-refractivity contribution >= 4 is 0 Å². The van der Waals surface area contributed by atoms with Crippen molar-refractivity contribution in [2.24, 2.45) is 5.92 Å². The molecule has 2 rings (SSSR count). The molecule has 0 radical (unpaired) electrons. The standard InChI is InChI=1S/C16H27FN4/c1-18-15(16-5-4-14(17)10-19-16)7-9-21(3)12-13-6-8-20(2)11-13/h4-5,10,13,15,18H,6-9,11-12H2,1-3H3. The monoisotopic (exact) mass is 294 g/mol. The van der Waals surface area contributed by atoms with Crippen molar-refractivity contribution in [2.75, 3.05) is 47.3 Å². The molecule has 1 aliphatic heterocycles. The Morgan fingerprint density at radius 1 is 1.52 bits per heavy atom. The molecule has 1 aromatic heterocycles. The van der Waals surface area contributed by atoms with Crippen molar-refractivity contribution in [3.8, 4) is 0 Å². The molecule has 1 fully saturated rings. The van der Waals surface area contributed by atoms with Gasteiger partial charge >= 0.3 is 0 Å². The SMILES string of the molecule is CNC(CCN(C)CC1CCN(C)C1)c1ccc(F)cn1. The molecule has 118 valence electrons. The summed E-state index contributed by atoms with van der Waals surface area (Å²) in [6, 6.07) is 3.42. The van der Waals surface area contributed by atoms with Gasteiger partial charge in [0.2, 0.25) is 0 Å². The van der Waals surface area contributed by atoms with Crippen molar-refractivity contribution in [2.45, 2.75) is 18.9 Å². The van der Waals surface area contributed by atoms with Crippen molar-refractivity contribution in [1.82, 2.24) is 20.1 Å². The number of hydrogen-bond acceptors (Lipinski definition) is 4. The van der Waals surface area contributed by atoms with Crippen LogP contribution in [0.1, 0.15) is 24.6 Å². The quantitative estimate of drug-likeness (QED) is 0.830. The number of likely N-dealkylation sites (tertiary alicyclic amines) is 1. The highest BCUT2D eigenvalue weighted by molar-refractivity contribution is 5.09. The second-order valence-corrected chi connectivity index (χ2v) is 6.21.